The first-order valence-electron chi connectivity index (χ1n) is 8.21. The van der Waals surface area contributed by atoms with E-state index in [4.69, 9.17) is 0 Å². The molecule has 0 radical (unpaired) electrons. The predicted octanol–water partition coefficient (Wildman–Crippen LogP) is 1.39. The molecule has 2 atom stereocenters. The van der Waals surface area contributed by atoms with E-state index >= 15 is 0 Å². The van der Waals surface area contributed by atoms with Crippen LogP contribution in [-0.2, 0) is 4.79 Å². The van der Waals surface area contributed by atoms with Gasteiger partial charge in [-0.25, -0.2) is 0 Å². The van der Waals surface area contributed by atoms with Crippen LogP contribution in [0.1, 0.15) is 45.4 Å². The van der Waals surface area contributed by atoms with Crippen LogP contribution >= 0.6 is 0 Å². The van der Waals surface area contributed by atoms with Crippen molar-refractivity contribution in [3.63, 3.8) is 0 Å². The lowest BCUT2D eigenvalue weighted by Gasteiger charge is -2.50. The maximum atomic E-state index is 11.7. The number of hydrogen-bond acceptors (Lipinski definition) is 4. The number of nitrogens with one attached hydrogen (secondary N) is 1. The number of hydrogen-bond donors (Lipinski definition) is 2. The summed E-state index contributed by atoms with van der Waals surface area (Å²) in [6.07, 6.45) is 6.26. The Kier molecular flexibility index (Phi) is 4.96. The van der Waals surface area contributed by atoms with Gasteiger partial charge in [-0.2, -0.15) is 0 Å². The van der Waals surface area contributed by atoms with Crippen LogP contribution in [-0.4, -0.2) is 72.2 Å². The lowest BCUT2D eigenvalue weighted by Crippen LogP contribution is -2.58. The topological polar surface area (TPSA) is 55.8 Å². The van der Waals surface area contributed by atoms with Gasteiger partial charge in [-0.1, -0.05) is 6.92 Å². The van der Waals surface area contributed by atoms with Gasteiger partial charge in [-0.15, -0.1) is 0 Å². The fraction of sp³-hybridized carbons (Fsp3) is 0.938. The summed E-state index contributed by atoms with van der Waals surface area (Å²) in [4.78, 5) is 16.4. The lowest BCUT2D eigenvalue weighted by atomic mass is 9.75. The van der Waals surface area contributed by atoms with Crippen molar-refractivity contribution >= 4 is 5.97 Å². The Morgan fingerprint density at radius 3 is 2.38 bits per heavy atom. The fourth-order valence-corrected chi connectivity index (χ4v) is 4.09. The van der Waals surface area contributed by atoms with Gasteiger partial charge in [0.15, 0.2) is 0 Å². The normalized spacial score (nSPS) is 31.6. The zero-order valence-electron chi connectivity index (χ0n) is 14.0. The number of nitrogens with zero attached hydrogens (tertiary/aromatic N) is 2. The van der Waals surface area contributed by atoms with Crippen molar-refractivity contribution in [3.8, 4) is 0 Å². The minimum atomic E-state index is -0.710. The van der Waals surface area contributed by atoms with Crippen molar-refractivity contribution in [1.29, 1.82) is 0 Å². The summed E-state index contributed by atoms with van der Waals surface area (Å²) in [6, 6.07) is 0.373. The first-order chi connectivity index (χ1) is 9.85. The van der Waals surface area contributed by atoms with E-state index in [9.17, 15) is 9.90 Å². The summed E-state index contributed by atoms with van der Waals surface area (Å²) in [6.45, 7) is 3.74. The largest absolute Gasteiger partial charge is 0.480 e. The molecule has 0 aromatic heterocycles. The molecular weight excluding hydrogens is 266 g/mol. The highest BCUT2D eigenvalue weighted by Crippen LogP contribution is 2.39. The quantitative estimate of drug-likeness (QED) is 0.744. The summed E-state index contributed by atoms with van der Waals surface area (Å²) in [5.41, 5.74) is -0.403. The van der Waals surface area contributed by atoms with Crippen LogP contribution in [0.5, 0.6) is 0 Å². The Hall–Kier alpha value is -0.650. The third-order valence-corrected chi connectivity index (χ3v) is 5.81. The third kappa shape index (κ3) is 3.10. The molecule has 5 nitrogen and oxygen atoms in total. The summed E-state index contributed by atoms with van der Waals surface area (Å²) >= 11 is 0. The van der Waals surface area contributed by atoms with Crippen LogP contribution < -0.4 is 5.32 Å². The van der Waals surface area contributed by atoms with E-state index in [-0.39, 0.29) is 0 Å². The number of carboxylic acids is 1. The number of aliphatic carboxylic acids is 1. The molecule has 21 heavy (non-hydrogen) atoms. The molecule has 0 aromatic rings. The van der Waals surface area contributed by atoms with Crippen LogP contribution in [0.3, 0.4) is 0 Å². The Labute approximate surface area is 128 Å². The molecule has 0 saturated heterocycles. The molecule has 2 fully saturated rings. The van der Waals surface area contributed by atoms with Crippen LogP contribution in [0.15, 0.2) is 0 Å². The minimum Gasteiger partial charge on any atom is -0.480 e. The second kappa shape index (κ2) is 6.23. The predicted molar refractivity (Wildman–Crippen MR) is 84.6 cm³/mol. The molecular formula is C16H31N3O2. The summed E-state index contributed by atoms with van der Waals surface area (Å²) in [7, 11) is 6.50. The minimum absolute atomic E-state index is 0.307. The lowest BCUT2D eigenvalue weighted by molar-refractivity contribution is -0.144. The maximum absolute atomic E-state index is 11.7. The highest BCUT2D eigenvalue weighted by atomic mass is 16.4. The van der Waals surface area contributed by atoms with E-state index in [1.54, 1.807) is 0 Å². The van der Waals surface area contributed by atoms with Crippen molar-refractivity contribution in [3.05, 3.63) is 0 Å². The summed E-state index contributed by atoms with van der Waals surface area (Å²) < 4.78 is 0. The van der Waals surface area contributed by atoms with E-state index in [2.05, 4.69) is 36.3 Å². The molecule has 2 N–H and O–H groups in total. The zero-order valence-corrected chi connectivity index (χ0v) is 14.0. The van der Waals surface area contributed by atoms with Crippen LogP contribution in [0.25, 0.3) is 0 Å². The Morgan fingerprint density at radius 1 is 1.29 bits per heavy atom. The Morgan fingerprint density at radius 2 is 1.95 bits per heavy atom. The standard InChI is InChI=1S/C16H31N3O2/c1-5-17-16(14(20)21)10-7-13(11-16)19(4)12-15(18(2)3)8-6-9-15/h13,17H,5-12H2,1-4H3,(H,20,21). The first kappa shape index (κ1) is 16.7. The highest BCUT2D eigenvalue weighted by molar-refractivity contribution is 5.79. The van der Waals surface area contributed by atoms with Gasteiger partial charge >= 0.3 is 5.97 Å². The second-order valence-corrected chi connectivity index (χ2v) is 7.20. The average molecular weight is 297 g/mol. The molecule has 0 heterocycles. The summed E-state index contributed by atoms with van der Waals surface area (Å²) in [5.74, 6) is -0.689. The molecule has 0 aliphatic heterocycles. The van der Waals surface area contributed by atoms with Crippen LogP contribution in [0, 0.1) is 0 Å². The number of rotatable bonds is 7. The molecule has 5 heteroatoms. The number of carboxylic acid groups (broad SMARTS) is 1. The van der Waals surface area contributed by atoms with Crippen LogP contribution in [0.4, 0.5) is 0 Å². The SMILES string of the molecule is CCNC1(C(=O)O)CCC(N(C)CC2(N(C)C)CCC2)C1. The third-order valence-electron chi connectivity index (χ3n) is 5.81. The van der Waals surface area contributed by atoms with E-state index in [1.807, 2.05) is 6.92 Å². The molecule has 2 aliphatic rings. The Balaban J connectivity index is 1.98. The van der Waals surface area contributed by atoms with Gasteiger partial charge in [0.05, 0.1) is 0 Å². The summed E-state index contributed by atoms with van der Waals surface area (Å²) in [5, 5.41) is 12.8. The molecule has 2 rings (SSSR count). The van der Waals surface area contributed by atoms with Crippen molar-refractivity contribution in [1.82, 2.24) is 15.1 Å². The van der Waals surface area contributed by atoms with Crippen molar-refractivity contribution in [2.24, 2.45) is 0 Å². The molecule has 122 valence electrons. The van der Waals surface area contributed by atoms with Gasteiger partial charge in [-0.3, -0.25) is 4.79 Å². The number of carbonyl (C=O) groups is 1. The van der Waals surface area contributed by atoms with Crippen molar-refractivity contribution < 1.29 is 9.90 Å². The van der Waals surface area contributed by atoms with Gasteiger partial charge in [0.25, 0.3) is 0 Å². The van der Waals surface area contributed by atoms with E-state index in [0.717, 1.165) is 25.8 Å². The van der Waals surface area contributed by atoms with Crippen LogP contribution in [0.2, 0.25) is 0 Å². The maximum Gasteiger partial charge on any atom is 0.323 e. The second-order valence-electron chi connectivity index (χ2n) is 7.20. The zero-order chi connectivity index (χ0) is 15.7. The monoisotopic (exact) mass is 297 g/mol. The average Bonchev–Trinajstić information content (AvgIpc) is 2.79. The van der Waals surface area contributed by atoms with Gasteiger partial charge in [-0.05, 0) is 66.2 Å². The van der Waals surface area contributed by atoms with E-state index in [0.29, 0.717) is 18.1 Å². The smallest absolute Gasteiger partial charge is 0.323 e. The van der Waals surface area contributed by atoms with Gasteiger partial charge in [0, 0.05) is 18.1 Å². The molecule has 0 spiro atoms. The highest BCUT2D eigenvalue weighted by Gasteiger charge is 2.48. The van der Waals surface area contributed by atoms with Gasteiger partial charge in [0.1, 0.15) is 5.54 Å². The first-order valence-corrected chi connectivity index (χ1v) is 8.21. The molecule has 2 aliphatic carbocycles. The molecule has 2 saturated carbocycles. The van der Waals surface area contributed by atoms with Crippen molar-refractivity contribution in [2.45, 2.75) is 62.6 Å². The van der Waals surface area contributed by atoms with Crippen molar-refractivity contribution in [2.75, 3.05) is 34.2 Å². The van der Waals surface area contributed by atoms with Gasteiger partial charge < -0.3 is 20.2 Å². The Bertz CT molecular complexity index is 382. The van der Waals surface area contributed by atoms with E-state index in [1.165, 1.54) is 19.3 Å². The van der Waals surface area contributed by atoms with Gasteiger partial charge in [0.2, 0.25) is 0 Å². The number of likely N-dealkylation sites (N-methyl/N-ethyl adjacent to an activating group) is 3. The van der Waals surface area contributed by atoms with E-state index < -0.39 is 11.5 Å². The molecule has 0 aromatic carbocycles. The fourth-order valence-electron chi connectivity index (χ4n) is 4.09. The molecule has 2 unspecified atom stereocenters. The molecule has 0 bridgehead atoms. The molecule has 0 amide bonds.